The lowest BCUT2D eigenvalue weighted by atomic mass is 9.87. The van der Waals surface area contributed by atoms with Crippen molar-refractivity contribution in [3.05, 3.63) is 59.7 Å². The van der Waals surface area contributed by atoms with Crippen LogP contribution in [-0.4, -0.2) is 0 Å². The van der Waals surface area contributed by atoms with Gasteiger partial charge in [-0.1, -0.05) is 52.0 Å². The Hall–Kier alpha value is -1.80. The molecule has 1 unspecified atom stereocenters. The van der Waals surface area contributed by atoms with Gasteiger partial charge >= 0.3 is 0 Å². The monoisotopic (exact) mass is 283 g/mol. The second kappa shape index (κ2) is 6.31. The SMILES string of the molecule is CCC(N)c1ccc(Oc2ccc(C(C)(C)C)cc2)cc1. The molecule has 2 rings (SSSR count). The first-order chi connectivity index (χ1) is 9.90. The van der Waals surface area contributed by atoms with E-state index >= 15 is 0 Å². The molecule has 1 atom stereocenters. The Labute approximate surface area is 127 Å². The van der Waals surface area contributed by atoms with Gasteiger partial charge in [-0.15, -0.1) is 0 Å². The van der Waals surface area contributed by atoms with Crippen LogP contribution in [0.3, 0.4) is 0 Å². The summed E-state index contributed by atoms with van der Waals surface area (Å²) in [5.74, 6) is 1.70. The topological polar surface area (TPSA) is 35.2 Å². The average molecular weight is 283 g/mol. The van der Waals surface area contributed by atoms with E-state index in [4.69, 9.17) is 10.5 Å². The molecule has 0 aliphatic rings. The molecule has 0 spiro atoms. The van der Waals surface area contributed by atoms with E-state index in [0.29, 0.717) is 0 Å². The molecule has 2 N–H and O–H groups in total. The van der Waals surface area contributed by atoms with E-state index in [1.54, 1.807) is 0 Å². The standard InChI is InChI=1S/C19H25NO/c1-5-18(20)14-6-10-16(11-7-14)21-17-12-8-15(9-13-17)19(2,3)4/h6-13,18H,5,20H2,1-4H3. The fourth-order valence-corrected chi connectivity index (χ4v) is 2.18. The zero-order valence-corrected chi connectivity index (χ0v) is 13.4. The highest BCUT2D eigenvalue weighted by Crippen LogP contribution is 2.27. The van der Waals surface area contributed by atoms with E-state index < -0.39 is 0 Å². The van der Waals surface area contributed by atoms with Crippen LogP contribution in [0, 0.1) is 0 Å². The second-order valence-corrected chi connectivity index (χ2v) is 6.46. The van der Waals surface area contributed by atoms with Crippen LogP contribution in [-0.2, 0) is 5.41 Å². The minimum Gasteiger partial charge on any atom is -0.457 e. The Bertz CT molecular complexity index is 564. The maximum Gasteiger partial charge on any atom is 0.127 e. The molecule has 0 radical (unpaired) electrons. The molecule has 112 valence electrons. The van der Waals surface area contributed by atoms with E-state index in [2.05, 4.69) is 39.8 Å². The molecule has 0 fully saturated rings. The smallest absolute Gasteiger partial charge is 0.127 e. The molecule has 2 heteroatoms. The van der Waals surface area contributed by atoms with Gasteiger partial charge in [-0.25, -0.2) is 0 Å². The van der Waals surface area contributed by atoms with Crippen LogP contribution >= 0.6 is 0 Å². The van der Waals surface area contributed by atoms with Crippen molar-refractivity contribution in [2.24, 2.45) is 5.73 Å². The summed E-state index contributed by atoms with van der Waals surface area (Å²) in [6, 6.07) is 16.4. The minimum absolute atomic E-state index is 0.102. The average Bonchev–Trinajstić information content (AvgIpc) is 2.47. The highest BCUT2D eigenvalue weighted by Gasteiger charge is 2.13. The molecule has 0 aliphatic heterocycles. The Morgan fingerprint density at radius 3 is 1.81 bits per heavy atom. The van der Waals surface area contributed by atoms with Gasteiger partial charge in [0.2, 0.25) is 0 Å². The first-order valence-electron chi connectivity index (χ1n) is 7.54. The Morgan fingerprint density at radius 1 is 0.905 bits per heavy atom. The Morgan fingerprint density at radius 2 is 1.38 bits per heavy atom. The molecule has 0 saturated heterocycles. The van der Waals surface area contributed by atoms with Gasteiger partial charge < -0.3 is 10.5 Å². The fraction of sp³-hybridized carbons (Fsp3) is 0.368. The van der Waals surface area contributed by atoms with Crippen molar-refractivity contribution in [1.29, 1.82) is 0 Å². The summed E-state index contributed by atoms with van der Waals surface area (Å²) in [4.78, 5) is 0. The summed E-state index contributed by atoms with van der Waals surface area (Å²) < 4.78 is 5.87. The summed E-state index contributed by atoms with van der Waals surface area (Å²) in [6.45, 7) is 8.71. The summed E-state index contributed by atoms with van der Waals surface area (Å²) in [7, 11) is 0. The quantitative estimate of drug-likeness (QED) is 0.838. The molecular formula is C19H25NO. The van der Waals surface area contributed by atoms with Crippen LogP contribution in [0.1, 0.15) is 51.3 Å². The van der Waals surface area contributed by atoms with Crippen LogP contribution in [0.4, 0.5) is 0 Å². The lowest BCUT2D eigenvalue weighted by Crippen LogP contribution is -2.10. The van der Waals surface area contributed by atoms with Crippen LogP contribution in [0.5, 0.6) is 11.5 Å². The first kappa shape index (κ1) is 15.6. The Balaban J connectivity index is 2.08. The van der Waals surface area contributed by atoms with Gasteiger partial charge in [0, 0.05) is 6.04 Å². The van der Waals surface area contributed by atoms with Crippen LogP contribution in [0.15, 0.2) is 48.5 Å². The van der Waals surface area contributed by atoms with Crippen molar-refractivity contribution in [3.63, 3.8) is 0 Å². The second-order valence-electron chi connectivity index (χ2n) is 6.46. The molecule has 0 saturated carbocycles. The van der Waals surface area contributed by atoms with Gasteiger partial charge in [0.25, 0.3) is 0 Å². The van der Waals surface area contributed by atoms with Crippen LogP contribution in [0.25, 0.3) is 0 Å². The van der Waals surface area contributed by atoms with Crippen LogP contribution in [0.2, 0.25) is 0 Å². The molecule has 2 nitrogen and oxygen atoms in total. The summed E-state index contributed by atoms with van der Waals surface area (Å²) in [5.41, 5.74) is 8.63. The number of hydrogen-bond acceptors (Lipinski definition) is 2. The van der Waals surface area contributed by atoms with Crippen molar-refractivity contribution < 1.29 is 4.74 Å². The summed E-state index contributed by atoms with van der Waals surface area (Å²) in [6.07, 6.45) is 0.939. The number of nitrogens with two attached hydrogens (primary N) is 1. The highest BCUT2D eigenvalue weighted by atomic mass is 16.5. The Kier molecular flexibility index (Phi) is 4.69. The van der Waals surface area contributed by atoms with E-state index in [0.717, 1.165) is 23.5 Å². The van der Waals surface area contributed by atoms with Crippen molar-refractivity contribution in [2.75, 3.05) is 0 Å². The first-order valence-corrected chi connectivity index (χ1v) is 7.54. The van der Waals surface area contributed by atoms with Gasteiger partial charge in [-0.3, -0.25) is 0 Å². The van der Waals surface area contributed by atoms with E-state index in [-0.39, 0.29) is 11.5 Å². The van der Waals surface area contributed by atoms with Crippen molar-refractivity contribution >= 4 is 0 Å². The van der Waals surface area contributed by atoms with Gasteiger partial charge in [-0.05, 0) is 47.2 Å². The number of benzene rings is 2. The summed E-state index contributed by atoms with van der Waals surface area (Å²) >= 11 is 0. The number of rotatable bonds is 4. The zero-order valence-electron chi connectivity index (χ0n) is 13.4. The van der Waals surface area contributed by atoms with Gasteiger partial charge in [0.1, 0.15) is 11.5 Å². The molecule has 0 aromatic heterocycles. The fourth-order valence-electron chi connectivity index (χ4n) is 2.18. The van der Waals surface area contributed by atoms with E-state index in [9.17, 15) is 0 Å². The normalized spacial score (nSPS) is 13.0. The lowest BCUT2D eigenvalue weighted by molar-refractivity contribution is 0.481. The predicted octanol–water partition coefficient (Wildman–Crippen LogP) is 5.19. The molecule has 0 heterocycles. The highest BCUT2D eigenvalue weighted by molar-refractivity contribution is 5.36. The molecule has 0 bridgehead atoms. The van der Waals surface area contributed by atoms with E-state index in [1.165, 1.54) is 5.56 Å². The van der Waals surface area contributed by atoms with Gasteiger partial charge in [0.15, 0.2) is 0 Å². The van der Waals surface area contributed by atoms with E-state index in [1.807, 2.05) is 36.4 Å². The summed E-state index contributed by atoms with van der Waals surface area (Å²) in [5, 5.41) is 0. The number of ether oxygens (including phenoxy) is 1. The molecule has 2 aromatic carbocycles. The maximum atomic E-state index is 6.01. The van der Waals surface area contributed by atoms with Crippen molar-refractivity contribution in [1.82, 2.24) is 0 Å². The molecule has 0 amide bonds. The largest absolute Gasteiger partial charge is 0.457 e. The zero-order chi connectivity index (χ0) is 15.5. The molecule has 2 aromatic rings. The third kappa shape index (κ3) is 4.08. The predicted molar refractivity (Wildman–Crippen MR) is 88.9 cm³/mol. The van der Waals surface area contributed by atoms with Gasteiger partial charge in [-0.2, -0.15) is 0 Å². The van der Waals surface area contributed by atoms with Crippen molar-refractivity contribution in [3.8, 4) is 11.5 Å². The lowest BCUT2D eigenvalue weighted by Gasteiger charge is -2.19. The van der Waals surface area contributed by atoms with Gasteiger partial charge in [0.05, 0.1) is 0 Å². The van der Waals surface area contributed by atoms with Crippen molar-refractivity contribution in [2.45, 2.75) is 45.6 Å². The molecular weight excluding hydrogens is 258 g/mol. The number of hydrogen-bond donors (Lipinski definition) is 1. The minimum atomic E-state index is 0.102. The molecule has 0 aliphatic carbocycles. The maximum absolute atomic E-state index is 6.01. The molecule has 21 heavy (non-hydrogen) atoms. The third-order valence-corrected chi connectivity index (χ3v) is 3.70. The third-order valence-electron chi connectivity index (χ3n) is 3.70. The van der Waals surface area contributed by atoms with Crippen LogP contribution < -0.4 is 10.5 Å².